The molecule has 0 saturated heterocycles. The first-order valence-corrected chi connectivity index (χ1v) is 8.91. The van der Waals surface area contributed by atoms with Crippen LogP contribution in [0.3, 0.4) is 0 Å². The van der Waals surface area contributed by atoms with Crippen LogP contribution in [0.5, 0.6) is 11.5 Å². The van der Waals surface area contributed by atoms with Gasteiger partial charge in [-0.1, -0.05) is 11.6 Å². The third kappa shape index (κ3) is 4.01. The van der Waals surface area contributed by atoms with Crippen LogP contribution in [0, 0.1) is 13.8 Å². The summed E-state index contributed by atoms with van der Waals surface area (Å²) in [5.74, 6) is 0.746. The van der Waals surface area contributed by atoms with Gasteiger partial charge in [-0.3, -0.25) is 9.59 Å². The van der Waals surface area contributed by atoms with E-state index in [0.29, 0.717) is 27.9 Å². The first kappa shape index (κ1) is 19.0. The fourth-order valence-electron chi connectivity index (χ4n) is 2.92. The van der Waals surface area contributed by atoms with Gasteiger partial charge in [-0.25, -0.2) is 0 Å². The van der Waals surface area contributed by atoms with E-state index in [1.165, 1.54) is 4.90 Å². The largest absolute Gasteiger partial charge is 0.484 e. The highest BCUT2D eigenvalue weighted by Gasteiger charge is 2.29. The number of benzene rings is 2. The van der Waals surface area contributed by atoms with Gasteiger partial charge in [0.05, 0.1) is 5.69 Å². The summed E-state index contributed by atoms with van der Waals surface area (Å²) in [5.41, 5.74) is 2.96. The van der Waals surface area contributed by atoms with Gasteiger partial charge in [0.25, 0.3) is 11.8 Å². The smallest absolute Gasteiger partial charge is 0.267 e. The zero-order chi connectivity index (χ0) is 19.7. The molecule has 0 fully saturated rings. The van der Waals surface area contributed by atoms with Crippen LogP contribution in [-0.4, -0.2) is 31.6 Å². The van der Waals surface area contributed by atoms with E-state index >= 15 is 0 Å². The quantitative estimate of drug-likeness (QED) is 0.866. The molecule has 1 atom stereocenters. The zero-order valence-corrected chi connectivity index (χ0v) is 16.4. The van der Waals surface area contributed by atoms with Crippen LogP contribution in [0.4, 0.5) is 11.4 Å². The van der Waals surface area contributed by atoms with E-state index in [9.17, 15) is 9.59 Å². The molecule has 3 rings (SSSR count). The number of hydrogen-bond donors (Lipinski definition) is 1. The van der Waals surface area contributed by atoms with Crippen molar-refractivity contribution in [2.75, 3.05) is 23.9 Å². The van der Waals surface area contributed by atoms with E-state index in [0.717, 1.165) is 11.1 Å². The van der Waals surface area contributed by atoms with Gasteiger partial charge < -0.3 is 19.7 Å². The number of fused-ring (bicyclic) bond motifs is 1. The Balaban J connectivity index is 1.66. The lowest BCUT2D eigenvalue weighted by molar-refractivity contribution is -0.125. The second-order valence-corrected chi connectivity index (χ2v) is 6.93. The minimum atomic E-state index is -0.525. The molecule has 142 valence electrons. The predicted octanol–water partition coefficient (Wildman–Crippen LogP) is 3.72. The highest BCUT2D eigenvalue weighted by Crippen LogP contribution is 2.35. The Morgan fingerprint density at radius 2 is 1.93 bits per heavy atom. The summed E-state index contributed by atoms with van der Waals surface area (Å²) in [7, 11) is 1.68. The highest BCUT2D eigenvalue weighted by molar-refractivity contribution is 6.32. The minimum Gasteiger partial charge on any atom is -0.484 e. The summed E-state index contributed by atoms with van der Waals surface area (Å²) in [6.45, 7) is 5.33. The van der Waals surface area contributed by atoms with Crippen LogP contribution in [-0.2, 0) is 9.59 Å². The maximum Gasteiger partial charge on any atom is 0.267 e. The molecule has 1 unspecified atom stereocenters. The number of likely N-dealkylation sites (N-methyl/N-ethyl adjacent to an activating group) is 1. The van der Waals surface area contributed by atoms with E-state index in [2.05, 4.69) is 5.32 Å². The molecule has 2 aromatic carbocycles. The van der Waals surface area contributed by atoms with E-state index in [4.69, 9.17) is 21.1 Å². The van der Waals surface area contributed by atoms with Crippen LogP contribution in [0.15, 0.2) is 30.3 Å². The van der Waals surface area contributed by atoms with Gasteiger partial charge in [0.1, 0.15) is 11.5 Å². The summed E-state index contributed by atoms with van der Waals surface area (Å²) < 4.78 is 11.1. The fourth-order valence-corrected chi connectivity index (χ4v) is 3.03. The molecule has 2 aromatic rings. The van der Waals surface area contributed by atoms with Crippen molar-refractivity contribution in [2.24, 2.45) is 0 Å². The summed E-state index contributed by atoms with van der Waals surface area (Å²) >= 11 is 6.14. The third-order valence-electron chi connectivity index (χ3n) is 4.37. The van der Waals surface area contributed by atoms with Crippen LogP contribution in [0.2, 0.25) is 5.02 Å². The van der Waals surface area contributed by atoms with Gasteiger partial charge >= 0.3 is 0 Å². The van der Waals surface area contributed by atoms with Crippen molar-refractivity contribution in [3.63, 3.8) is 0 Å². The van der Waals surface area contributed by atoms with Crippen molar-refractivity contribution in [3.05, 3.63) is 46.5 Å². The fraction of sp³-hybridized carbons (Fsp3) is 0.300. The standard InChI is InChI=1S/C20H21ClN2O4/c1-11-7-15(8-12(2)19(11)21)26-10-18(24)22-14-5-6-17-16(9-14)23(4)20(25)13(3)27-17/h5-9,13H,10H2,1-4H3,(H,22,24). The second kappa shape index (κ2) is 7.48. The van der Waals surface area contributed by atoms with Gasteiger partial charge in [-0.05, 0) is 62.2 Å². The molecule has 7 heteroatoms. The Morgan fingerprint density at radius 3 is 2.59 bits per heavy atom. The Bertz CT molecular complexity index is 890. The van der Waals surface area contributed by atoms with Crippen LogP contribution >= 0.6 is 11.6 Å². The molecule has 0 spiro atoms. The number of carbonyl (C=O) groups is 2. The first-order valence-electron chi connectivity index (χ1n) is 8.54. The second-order valence-electron chi connectivity index (χ2n) is 6.55. The summed E-state index contributed by atoms with van der Waals surface area (Å²) in [6.07, 6.45) is -0.525. The molecular weight excluding hydrogens is 368 g/mol. The number of nitrogens with zero attached hydrogens (tertiary/aromatic N) is 1. The molecule has 0 saturated carbocycles. The minimum absolute atomic E-state index is 0.136. The number of carbonyl (C=O) groups excluding carboxylic acids is 2. The topological polar surface area (TPSA) is 67.9 Å². The lowest BCUT2D eigenvalue weighted by Crippen LogP contribution is -2.42. The van der Waals surface area contributed by atoms with Gasteiger partial charge in [-0.15, -0.1) is 0 Å². The van der Waals surface area contributed by atoms with Crippen molar-refractivity contribution >= 4 is 34.8 Å². The average Bonchev–Trinajstić information content (AvgIpc) is 2.63. The van der Waals surface area contributed by atoms with Gasteiger partial charge in [-0.2, -0.15) is 0 Å². The summed E-state index contributed by atoms with van der Waals surface area (Å²) in [6, 6.07) is 8.75. The maximum atomic E-state index is 12.2. The third-order valence-corrected chi connectivity index (χ3v) is 4.96. The predicted molar refractivity (Wildman–Crippen MR) is 105 cm³/mol. The van der Waals surface area contributed by atoms with Crippen LogP contribution in [0.1, 0.15) is 18.1 Å². The number of aryl methyl sites for hydroxylation is 2. The average molecular weight is 389 g/mol. The van der Waals surface area contributed by atoms with E-state index in [-0.39, 0.29) is 18.4 Å². The molecule has 0 aromatic heterocycles. The Kier molecular flexibility index (Phi) is 5.28. The number of halogens is 1. The summed E-state index contributed by atoms with van der Waals surface area (Å²) in [5, 5.41) is 3.46. The van der Waals surface area contributed by atoms with Gasteiger partial charge in [0, 0.05) is 17.8 Å². The molecule has 1 aliphatic rings. The highest BCUT2D eigenvalue weighted by atomic mass is 35.5. The number of rotatable bonds is 4. The molecular formula is C20H21ClN2O4. The SMILES string of the molecule is Cc1cc(OCC(=O)Nc2ccc3c(c2)N(C)C(=O)C(C)O3)cc(C)c1Cl. The Morgan fingerprint density at radius 1 is 1.26 bits per heavy atom. The number of hydrogen-bond acceptors (Lipinski definition) is 4. The normalized spacial score (nSPS) is 15.8. The lowest BCUT2D eigenvalue weighted by atomic mass is 10.1. The van der Waals surface area contributed by atoms with E-state index < -0.39 is 6.10 Å². The Hall–Kier alpha value is -2.73. The van der Waals surface area contributed by atoms with Crippen molar-refractivity contribution in [3.8, 4) is 11.5 Å². The number of anilines is 2. The zero-order valence-electron chi connectivity index (χ0n) is 15.6. The lowest BCUT2D eigenvalue weighted by Gasteiger charge is -2.30. The number of ether oxygens (including phenoxy) is 2. The molecule has 27 heavy (non-hydrogen) atoms. The molecule has 1 heterocycles. The Labute approximate surface area is 163 Å². The first-order chi connectivity index (χ1) is 12.8. The molecule has 6 nitrogen and oxygen atoms in total. The van der Waals surface area contributed by atoms with E-state index in [1.54, 1.807) is 44.3 Å². The van der Waals surface area contributed by atoms with Crippen molar-refractivity contribution in [1.82, 2.24) is 0 Å². The molecule has 0 radical (unpaired) electrons. The molecule has 1 N–H and O–H groups in total. The number of amides is 2. The van der Waals surface area contributed by atoms with Crippen molar-refractivity contribution in [1.29, 1.82) is 0 Å². The van der Waals surface area contributed by atoms with Gasteiger partial charge in [0.15, 0.2) is 12.7 Å². The molecule has 0 aliphatic carbocycles. The molecule has 1 aliphatic heterocycles. The molecule has 0 bridgehead atoms. The number of nitrogens with one attached hydrogen (secondary N) is 1. The van der Waals surface area contributed by atoms with Crippen molar-refractivity contribution in [2.45, 2.75) is 26.9 Å². The van der Waals surface area contributed by atoms with Crippen LogP contribution < -0.4 is 19.7 Å². The van der Waals surface area contributed by atoms with Crippen molar-refractivity contribution < 1.29 is 19.1 Å². The van der Waals surface area contributed by atoms with E-state index in [1.807, 2.05) is 13.8 Å². The maximum absolute atomic E-state index is 12.2. The van der Waals surface area contributed by atoms with Crippen LogP contribution in [0.25, 0.3) is 0 Å². The summed E-state index contributed by atoms with van der Waals surface area (Å²) in [4.78, 5) is 25.8. The van der Waals surface area contributed by atoms with Gasteiger partial charge in [0.2, 0.25) is 0 Å². The molecule has 2 amide bonds. The monoisotopic (exact) mass is 388 g/mol.